The Balaban J connectivity index is 3.13. The normalized spacial score (nSPS) is 10.5. The molecule has 0 heterocycles. The minimum absolute atomic E-state index is 0.00354. The van der Waals surface area contributed by atoms with Gasteiger partial charge in [0.05, 0.1) is 6.07 Å². The first-order valence-electron chi connectivity index (χ1n) is 4.58. The van der Waals surface area contributed by atoms with E-state index in [0.29, 0.717) is 0 Å². The number of nitriles is 2. The molecular formula is C10H8FN3O2S. The van der Waals surface area contributed by atoms with E-state index in [9.17, 15) is 12.8 Å². The summed E-state index contributed by atoms with van der Waals surface area (Å²) in [6.07, 6.45) is -0.00354. The van der Waals surface area contributed by atoms with Gasteiger partial charge in [-0.05, 0) is 12.1 Å². The van der Waals surface area contributed by atoms with Crippen molar-refractivity contribution in [1.82, 2.24) is 4.72 Å². The number of sulfonamides is 1. The molecule has 5 nitrogen and oxygen atoms in total. The van der Waals surface area contributed by atoms with Crippen LogP contribution in [0.4, 0.5) is 4.39 Å². The van der Waals surface area contributed by atoms with E-state index in [0.717, 1.165) is 12.1 Å². The lowest BCUT2D eigenvalue weighted by Gasteiger charge is -2.06. The van der Waals surface area contributed by atoms with Crippen LogP contribution in [0.5, 0.6) is 0 Å². The van der Waals surface area contributed by atoms with Gasteiger partial charge in [0.15, 0.2) is 0 Å². The van der Waals surface area contributed by atoms with E-state index in [4.69, 9.17) is 10.5 Å². The second-order valence-corrected chi connectivity index (χ2v) is 4.77. The molecule has 0 amide bonds. The van der Waals surface area contributed by atoms with Crippen LogP contribution >= 0.6 is 0 Å². The van der Waals surface area contributed by atoms with E-state index in [2.05, 4.69) is 4.72 Å². The molecule has 0 atom stereocenters. The molecule has 0 aromatic heterocycles. The van der Waals surface area contributed by atoms with Gasteiger partial charge < -0.3 is 0 Å². The second kappa shape index (κ2) is 5.39. The van der Waals surface area contributed by atoms with Crippen molar-refractivity contribution in [2.75, 3.05) is 6.54 Å². The molecule has 17 heavy (non-hydrogen) atoms. The molecule has 1 rings (SSSR count). The Morgan fingerprint density at radius 3 is 2.65 bits per heavy atom. The summed E-state index contributed by atoms with van der Waals surface area (Å²) in [7, 11) is -3.96. The molecular weight excluding hydrogens is 245 g/mol. The summed E-state index contributed by atoms with van der Waals surface area (Å²) in [5, 5.41) is 17.0. The highest BCUT2D eigenvalue weighted by atomic mass is 32.2. The minimum Gasteiger partial charge on any atom is -0.210 e. The maximum atomic E-state index is 13.2. The Morgan fingerprint density at radius 1 is 1.35 bits per heavy atom. The topological polar surface area (TPSA) is 93.8 Å². The van der Waals surface area contributed by atoms with Crippen LogP contribution in [-0.2, 0) is 10.0 Å². The third kappa shape index (κ3) is 3.00. The van der Waals surface area contributed by atoms with Gasteiger partial charge in [0.25, 0.3) is 0 Å². The fourth-order valence-corrected chi connectivity index (χ4v) is 2.35. The lowest BCUT2D eigenvalue weighted by molar-refractivity contribution is 0.577. The molecule has 1 aromatic rings. The Kier molecular flexibility index (Phi) is 4.16. The number of halogens is 1. The van der Waals surface area contributed by atoms with Gasteiger partial charge >= 0.3 is 0 Å². The molecule has 0 aliphatic rings. The van der Waals surface area contributed by atoms with Crippen molar-refractivity contribution < 1.29 is 12.8 Å². The van der Waals surface area contributed by atoms with Gasteiger partial charge in [0.1, 0.15) is 22.3 Å². The van der Waals surface area contributed by atoms with Gasteiger partial charge in [-0.15, -0.1) is 0 Å². The molecule has 0 aliphatic carbocycles. The van der Waals surface area contributed by atoms with Gasteiger partial charge in [-0.3, -0.25) is 0 Å². The molecule has 0 bridgehead atoms. The molecule has 0 radical (unpaired) electrons. The lowest BCUT2D eigenvalue weighted by atomic mass is 10.2. The average Bonchev–Trinajstić information content (AvgIpc) is 2.29. The van der Waals surface area contributed by atoms with E-state index in [1.165, 1.54) is 12.1 Å². The summed E-state index contributed by atoms with van der Waals surface area (Å²) < 4.78 is 38.7. The van der Waals surface area contributed by atoms with Crippen molar-refractivity contribution in [2.45, 2.75) is 11.3 Å². The Labute approximate surface area is 98.2 Å². The van der Waals surface area contributed by atoms with Crippen LogP contribution in [-0.4, -0.2) is 15.0 Å². The van der Waals surface area contributed by atoms with Crippen molar-refractivity contribution in [3.05, 3.63) is 29.6 Å². The summed E-state index contributed by atoms with van der Waals surface area (Å²) in [5.74, 6) is -0.893. The monoisotopic (exact) mass is 253 g/mol. The Hall–Kier alpha value is -1.96. The molecule has 0 unspecified atom stereocenters. The second-order valence-electron chi connectivity index (χ2n) is 3.03. The van der Waals surface area contributed by atoms with Crippen LogP contribution in [0.1, 0.15) is 12.0 Å². The average molecular weight is 253 g/mol. The maximum absolute atomic E-state index is 13.2. The number of benzene rings is 1. The summed E-state index contributed by atoms with van der Waals surface area (Å²) in [6, 6.07) is 6.61. The van der Waals surface area contributed by atoms with Crippen LogP contribution in [0, 0.1) is 28.5 Å². The van der Waals surface area contributed by atoms with Gasteiger partial charge in [-0.2, -0.15) is 10.5 Å². The predicted molar refractivity (Wildman–Crippen MR) is 56.5 cm³/mol. The Morgan fingerprint density at radius 2 is 2.06 bits per heavy atom. The maximum Gasteiger partial charge on any atom is 0.242 e. The van der Waals surface area contributed by atoms with Crippen LogP contribution in [0.2, 0.25) is 0 Å². The smallest absolute Gasteiger partial charge is 0.210 e. The van der Waals surface area contributed by atoms with Gasteiger partial charge in [-0.1, -0.05) is 6.07 Å². The van der Waals surface area contributed by atoms with Gasteiger partial charge in [0, 0.05) is 13.0 Å². The molecule has 0 fully saturated rings. The fourth-order valence-electron chi connectivity index (χ4n) is 1.16. The van der Waals surface area contributed by atoms with Crippen molar-refractivity contribution >= 4 is 10.0 Å². The van der Waals surface area contributed by atoms with Crippen molar-refractivity contribution in [1.29, 1.82) is 10.5 Å². The van der Waals surface area contributed by atoms with Gasteiger partial charge in [-0.25, -0.2) is 17.5 Å². The highest BCUT2D eigenvalue weighted by Crippen LogP contribution is 2.17. The zero-order valence-corrected chi connectivity index (χ0v) is 9.46. The number of nitrogens with one attached hydrogen (secondary N) is 1. The molecule has 0 saturated heterocycles. The molecule has 0 saturated carbocycles. The van der Waals surface area contributed by atoms with Crippen molar-refractivity contribution in [3.63, 3.8) is 0 Å². The standard InChI is InChI=1S/C10H8FN3O2S/c11-9-3-1-4-10(8(9)7-13)17(15,16)14-6-2-5-12/h1,3-4,14H,2,6H2. The van der Waals surface area contributed by atoms with Crippen LogP contribution in [0.15, 0.2) is 23.1 Å². The number of nitrogens with zero attached hydrogens (tertiary/aromatic N) is 2. The van der Waals surface area contributed by atoms with E-state index in [1.807, 2.05) is 0 Å². The van der Waals surface area contributed by atoms with Crippen LogP contribution < -0.4 is 4.72 Å². The number of rotatable bonds is 4. The van der Waals surface area contributed by atoms with E-state index in [-0.39, 0.29) is 13.0 Å². The van der Waals surface area contributed by atoms with Crippen LogP contribution in [0.25, 0.3) is 0 Å². The molecule has 1 N–H and O–H groups in total. The van der Waals surface area contributed by atoms with E-state index in [1.54, 1.807) is 6.07 Å². The molecule has 7 heteroatoms. The minimum atomic E-state index is -3.96. The first-order chi connectivity index (χ1) is 8.03. The first kappa shape index (κ1) is 13.1. The zero-order valence-electron chi connectivity index (χ0n) is 8.64. The summed E-state index contributed by atoms with van der Waals surface area (Å²) in [4.78, 5) is -0.419. The highest BCUT2D eigenvalue weighted by molar-refractivity contribution is 7.89. The van der Waals surface area contributed by atoms with Gasteiger partial charge in [0.2, 0.25) is 10.0 Å². The predicted octanol–water partition coefficient (Wildman–Crippen LogP) is 0.889. The van der Waals surface area contributed by atoms with Crippen molar-refractivity contribution in [2.24, 2.45) is 0 Å². The fraction of sp³-hybridized carbons (Fsp3) is 0.200. The third-order valence-corrected chi connectivity index (χ3v) is 3.41. The van der Waals surface area contributed by atoms with E-state index >= 15 is 0 Å². The third-order valence-electron chi connectivity index (χ3n) is 1.91. The molecule has 0 aliphatic heterocycles. The summed E-state index contributed by atoms with van der Waals surface area (Å²) >= 11 is 0. The number of hydrogen-bond acceptors (Lipinski definition) is 4. The molecule has 88 valence electrons. The quantitative estimate of drug-likeness (QED) is 0.806. The lowest BCUT2D eigenvalue weighted by Crippen LogP contribution is -2.25. The SMILES string of the molecule is N#CCCNS(=O)(=O)c1cccc(F)c1C#N. The van der Waals surface area contributed by atoms with E-state index < -0.39 is 26.3 Å². The Bertz CT molecular complexity index is 599. The molecule has 1 aromatic carbocycles. The number of hydrogen-bond donors (Lipinski definition) is 1. The molecule has 0 spiro atoms. The first-order valence-corrected chi connectivity index (χ1v) is 6.06. The summed E-state index contributed by atoms with van der Waals surface area (Å²) in [5.41, 5.74) is -0.531. The largest absolute Gasteiger partial charge is 0.242 e. The van der Waals surface area contributed by atoms with Crippen LogP contribution in [0.3, 0.4) is 0 Å². The van der Waals surface area contributed by atoms with Crippen molar-refractivity contribution in [3.8, 4) is 12.1 Å². The highest BCUT2D eigenvalue weighted by Gasteiger charge is 2.20. The zero-order chi connectivity index (χ0) is 12.9. The summed E-state index contributed by atoms with van der Waals surface area (Å²) in [6.45, 7) is -0.0831.